The lowest BCUT2D eigenvalue weighted by molar-refractivity contribution is 1.47. The van der Waals surface area contributed by atoms with Crippen molar-refractivity contribution >= 4 is 40.7 Å². The molecule has 0 fully saturated rings. The molecule has 3 heteroatoms. The van der Waals surface area contributed by atoms with Crippen LogP contribution in [0.2, 0.25) is 0 Å². The molecule has 11 heavy (non-hydrogen) atoms. The molecular weight excluding hydrogens is 272 g/mol. The Morgan fingerprint density at radius 3 is 2.09 bits per heavy atom. The average molecular weight is 286 g/mol. The Morgan fingerprint density at radius 2 is 1.82 bits per heavy atom. The molecule has 2 N–H and O–H groups in total. The highest BCUT2D eigenvalue weighted by molar-refractivity contribution is 14.1. The van der Waals surface area contributed by atoms with Gasteiger partial charge in [0, 0.05) is 5.69 Å². The zero-order valence-corrected chi connectivity index (χ0v) is 9.65. The minimum Gasteiger partial charge on any atom is -0.399 e. The van der Waals surface area contributed by atoms with Gasteiger partial charge in [0.1, 0.15) is 0 Å². The Morgan fingerprint density at radius 1 is 1.27 bits per heavy atom. The molecule has 0 aromatic heterocycles. The molecule has 1 nitrogen and oxygen atoms in total. The Balaban J connectivity index is 0. The van der Waals surface area contributed by atoms with Gasteiger partial charge in [0.2, 0.25) is 0 Å². The highest BCUT2D eigenvalue weighted by atomic mass is 127. The lowest BCUT2D eigenvalue weighted by Gasteiger charge is -1.91. The Labute approximate surface area is 87.9 Å². The molecule has 0 unspecified atom stereocenters. The van der Waals surface area contributed by atoms with Crippen LogP contribution in [-0.2, 0) is 0 Å². The predicted molar refractivity (Wildman–Crippen MR) is 62.8 cm³/mol. The van der Waals surface area contributed by atoms with E-state index in [0.29, 0.717) is 0 Å². The molecule has 0 spiro atoms. The number of benzene rings is 1. The van der Waals surface area contributed by atoms with Gasteiger partial charge in [-0.25, -0.2) is 0 Å². The van der Waals surface area contributed by atoms with Crippen LogP contribution in [0.3, 0.4) is 0 Å². The number of hydrogen-bond acceptors (Lipinski definition) is 1. The van der Waals surface area contributed by atoms with E-state index in [9.17, 15) is 0 Å². The van der Waals surface area contributed by atoms with Crippen molar-refractivity contribution in [1.82, 2.24) is 0 Å². The van der Waals surface area contributed by atoms with E-state index >= 15 is 0 Å². The summed E-state index contributed by atoms with van der Waals surface area (Å²) in [4.78, 5) is 1.97. The first-order valence-corrected chi connectivity index (χ1v) is 5.15. The van der Waals surface area contributed by atoms with Gasteiger partial charge >= 0.3 is 0 Å². The summed E-state index contributed by atoms with van der Waals surface area (Å²) in [7, 11) is 0. The van der Waals surface area contributed by atoms with Gasteiger partial charge in [-0.05, 0) is 29.6 Å². The summed E-state index contributed by atoms with van der Waals surface area (Å²) in [5.41, 5.74) is 7.51. The fourth-order valence-electron chi connectivity index (χ4n) is 0.670. The van der Waals surface area contributed by atoms with Gasteiger partial charge in [0.15, 0.2) is 0 Å². The molecule has 0 atom stereocenters. The van der Waals surface area contributed by atoms with Gasteiger partial charge < -0.3 is 5.73 Å². The molecule has 0 amide bonds. The number of rotatable bonds is 0. The van der Waals surface area contributed by atoms with Crippen LogP contribution < -0.4 is 5.73 Å². The summed E-state index contributed by atoms with van der Waals surface area (Å²) < 4.78 is 0. The first-order valence-electron chi connectivity index (χ1n) is 2.99. The molecule has 0 saturated carbocycles. The third-order valence-electron chi connectivity index (χ3n) is 1.04. The van der Waals surface area contributed by atoms with E-state index in [1.165, 1.54) is 5.56 Å². The highest BCUT2D eigenvalue weighted by Crippen LogP contribution is 2.03. The van der Waals surface area contributed by atoms with Gasteiger partial charge in [-0.15, -0.1) is 12.4 Å². The standard InChI is InChI=1S/C7H9N.CH3I.ClH/c1-6-3-2-4-7(8)5-6;1-2;/h2-5H,8H2,1H3;1H3;1H. The van der Waals surface area contributed by atoms with Gasteiger partial charge in [0.05, 0.1) is 0 Å². The van der Waals surface area contributed by atoms with E-state index in [2.05, 4.69) is 22.6 Å². The Hall–Kier alpha value is 0.0400. The smallest absolute Gasteiger partial charge is 0.0316 e. The maximum atomic E-state index is 5.46. The van der Waals surface area contributed by atoms with Crippen molar-refractivity contribution in [2.75, 3.05) is 10.7 Å². The van der Waals surface area contributed by atoms with Gasteiger partial charge in [0.25, 0.3) is 0 Å². The number of halogens is 2. The van der Waals surface area contributed by atoms with E-state index < -0.39 is 0 Å². The summed E-state index contributed by atoms with van der Waals surface area (Å²) in [5.74, 6) is 0. The zero-order valence-electron chi connectivity index (χ0n) is 6.67. The van der Waals surface area contributed by atoms with E-state index in [4.69, 9.17) is 5.73 Å². The van der Waals surface area contributed by atoms with E-state index in [-0.39, 0.29) is 12.4 Å². The van der Waals surface area contributed by atoms with Crippen LogP contribution in [0.25, 0.3) is 0 Å². The van der Waals surface area contributed by atoms with E-state index in [0.717, 1.165) is 5.69 Å². The molecular formula is C8H13ClIN. The molecule has 0 aliphatic rings. The third kappa shape index (κ3) is 6.44. The second-order valence-corrected chi connectivity index (χ2v) is 1.91. The first-order chi connectivity index (χ1) is 4.79. The van der Waals surface area contributed by atoms with Gasteiger partial charge in [-0.1, -0.05) is 34.7 Å². The largest absolute Gasteiger partial charge is 0.399 e. The fraction of sp³-hybridized carbons (Fsp3) is 0.250. The lowest BCUT2D eigenvalue weighted by atomic mass is 10.2. The molecule has 0 aliphatic heterocycles. The second-order valence-electron chi connectivity index (χ2n) is 1.91. The first kappa shape index (κ1) is 13.6. The molecule has 0 radical (unpaired) electrons. The quantitative estimate of drug-likeness (QED) is 0.442. The monoisotopic (exact) mass is 285 g/mol. The number of hydrogen-bond donors (Lipinski definition) is 1. The van der Waals surface area contributed by atoms with Crippen molar-refractivity contribution in [3.63, 3.8) is 0 Å². The predicted octanol–water partition coefficient (Wildman–Crippen LogP) is 3.05. The highest BCUT2D eigenvalue weighted by Gasteiger charge is 1.81. The number of aryl methyl sites for hydroxylation is 1. The molecule has 0 aliphatic carbocycles. The molecule has 0 saturated heterocycles. The molecule has 0 bridgehead atoms. The maximum Gasteiger partial charge on any atom is 0.0316 e. The zero-order chi connectivity index (χ0) is 7.98. The van der Waals surface area contributed by atoms with E-state index in [1.54, 1.807) is 0 Å². The van der Waals surface area contributed by atoms with Crippen LogP contribution in [0, 0.1) is 6.92 Å². The van der Waals surface area contributed by atoms with Crippen molar-refractivity contribution < 1.29 is 0 Å². The molecule has 1 aromatic rings. The normalized spacial score (nSPS) is 7.18. The van der Waals surface area contributed by atoms with Crippen molar-refractivity contribution in [2.45, 2.75) is 6.92 Å². The van der Waals surface area contributed by atoms with Crippen molar-refractivity contribution in [3.8, 4) is 0 Å². The average Bonchev–Trinajstić information content (AvgIpc) is 1.91. The van der Waals surface area contributed by atoms with Crippen molar-refractivity contribution in [3.05, 3.63) is 29.8 Å². The summed E-state index contributed by atoms with van der Waals surface area (Å²) >= 11 is 2.15. The van der Waals surface area contributed by atoms with Gasteiger partial charge in [-0.2, -0.15) is 0 Å². The van der Waals surface area contributed by atoms with Crippen LogP contribution in [0.4, 0.5) is 5.69 Å². The number of nitrogens with two attached hydrogens (primary N) is 1. The number of alkyl halides is 1. The minimum absolute atomic E-state index is 0. The second kappa shape index (κ2) is 8.14. The van der Waals surface area contributed by atoms with Crippen LogP contribution in [0.1, 0.15) is 5.56 Å². The summed E-state index contributed by atoms with van der Waals surface area (Å²) in [6, 6.07) is 7.80. The molecule has 64 valence electrons. The molecule has 1 rings (SSSR count). The summed E-state index contributed by atoms with van der Waals surface area (Å²) in [5, 5.41) is 0. The molecule has 0 heterocycles. The molecule has 1 aromatic carbocycles. The van der Waals surface area contributed by atoms with Crippen LogP contribution in [0.15, 0.2) is 24.3 Å². The topological polar surface area (TPSA) is 26.0 Å². The van der Waals surface area contributed by atoms with Crippen LogP contribution in [0.5, 0.6) is 0 Å². The van der Waals surface area contributed by atoms with Gasteiger partial charge in [-0.3, -0.25) is 0 Å². The summed E-state index contributed by atoms with van der Waals surface area (Å²) in [6.45, 7) is 2.02. The number of nitrogen functional groups attached to an aromatic ring is 1. The number of anilines is 1. The van der Waals surface area contributed by atoms with Crippen molar-refractivity contribution in [2.24, 2.45) is 0 Å². The Kier molecular flexibility index (Phi) is 10.1. The maximum absolute atomic E-state index is 5.46. The van der Waals surface area contributed by atoms with Crippen LogP contribution >= 0.6 is 35.0 Å². The SMILES string of the molecule is CI.Cc1cccc(N)c1.Cl. The Bertz CT molecular complexity index is 174. The van der Waals surface area contributed by atoms with Crippen molar-refractivity contribution in [1.29, 1.82) is 0 Å². The fourth-order valence-corrected chi connectivity index (χ4v) is 0.670. The van der Waals surface area contributed by atoms with Crippen LogP contribution in [-0.4, -0.2) is 4.93 Å². The van der Waals surface area contributed by atoms with E-state index in [1.807, 2.05) is 36.1 Å². The third-order valence-corrected chi connectivity index (χ3v) is 1.04. The minimum atomic E-state index is 0. The lowest BCUT2D eigenvalue weighted by Crippen LogP contribution is -1.82. The summed E-state index contributed by atoms with van der Waals surface area (Å²) in [6.07, 6.45) is 0.